The minimum Gasteiger partial charge on any atom is -0.279 e. The normalized spacial score (nSPS) is 11.0. The predicted molar refractivity (Wildman–Crippen MR) is 110 cm³/mol. The fourth-order valence-electron chi connectivity index (χ4n) is 3.01. The van der Waals surface area contributed by atoms with Crippen LogP contribution in [-0.4, -0.2) is 15.9 Å². The lowest BCUT2D eigenvalue weighted by Gasteiger charge is -2.20. The number of fused-ring (bicyclic) bond motifs is 1. The molecule has 4 nitrogen and oxygen atoms in total. The quantitative estimate of drug-likeness (QED) is 0.475. The third-order valence-corrected chi connectivity index (χ3v) is 5.73. The van der Waals surface area contributed by atoms with Gasteiger partial charge in [-0.25, -0.2) is 9.37 Å². The van der Waals surface area contributed by atoms with Crippen molar-refractivity contribution < 1.29 is 9.18 Å². The second-order valence-corrected chi connectivity index (χ2v) is 7.62. The lowest BCUT2D eigenvalue weighted by atomic mass is 10.1. The van der Waals surface area contributed by atoms with Crippen molar-refractivity contribution >= 4 is 32.6 Å². The zero-order chi connectivity index (χ0) is 19.7. The lowest BCUT2D eigenvalue weighted by Crippen LogP contribution is -2.30. The molecular weight excluding hydrogens is 373 g/mol. The van der Waals surface area contributed by atoms with E-state index in [-0.39, 0.29) is 11.5 Å². The van der Waals surface area contributed by atoms with Gasteiger partial charge in [0.25, 0.3) is 5.91 Å². The minimum atomic E-state index is -0.442. The first-order chi connectivity index (χ1) is 13.5. The lowest BCUT2D eigenvalue weighted by molar-refractivity contribution is 0.0984. The fourth-order valence-corrected chi connectivity index (χ4v) is 4.03. The van der Waals surface area contributed by atoms with E-state index in [0.29, 0.717) is 11.7 Å². The van der Waals surface area contributed by atoms with Gasteiger partial charge >= 0.3 is 0 Å². The maximum atomic E-state index is 13.7. The largest absolute Gasteiger partial charge is 0.279 e. The Bertz CT molecular complexity index is 1160. The Morgan fingerprint density at radius 1 is 1.14 bits per heavy atom. The summed E-state index contributed by atoms with van der Waals surface area (Å²) in [6.07, 6.45) is 3.40. The van der Waals surface area contributed by atoms with Crippen LogP contribution in [0, 0.1) is 19.7 Å². The molecule has 0 aliphatic rings. The molecule has 2 heterocycles. The Kier molecular flexibility index (Phi) is 4.88. The van der Waals surface area contributed by atoms with Gasteiger partial charge in [-0.2, -0.15) is 0 Å². The van der Waals surface area contributed by atoms with Crippen LogP contribution in [0.25, 0.3) is 10.2 Å². The molecule has 4 aromatic rings. The number of thiazole rings is 1. The van der Waals surface area contributed by atoms with Gasteiger partial charge in [0.05, 0.1) is 16.8 Å². The Balaban J connectivity index is 1.80. The van der Waals surface area contributed by atoms with E-state index in [1.54, 1.807) is 23.4 Å². The average molecular weight is 391 g/mol. The summed E-state index contributed by atoms with van der Waals surface area (Å²) in [6, 6.07) is 13.5. The van der Waals surface area contributed by atoms with E-state index < -0.39 is 5.82 Å². The molecule has 0 atom stereocenters. The second-order valence-electron chi connectivity index (χ2n) is 6.61. The van der Waals surface area contributed by atoms with Crippen LogP contribution in [0.5, 0.6) is 0 Å². The van der Waals surface area contributed by atoms with E-state index in [4.69, 9.17) is 4.98 Å². The molecule has 0 bridgehead atoms. The molecule has 6 heteroatoms. The van der Waals surface area contributed by atoms with E-state index in [1.807, 2.05) is 32.0 Å². The number of rotatable bonds is 4. The number of hydrogen-bond acceptors (Lipinski definition) is 4. The van der Waals surface area contributed by atoms with Crippen LogP contribution >= 0.6 is 11.3 Å². The second kappa shape index (κ2) is 7.48. The Hall–Kier alpha value is -3.12. The van der Waals surface area contributed by atoms with E-state index in [2.05, 4.69) is 11.1 Å². The molecule has 0 radical (unpaired) electrons. The maximum Gasteiger partial charge on any atom is 0.260 e. The first-order valence-corrected chi connectivity index (χ1v) is 9.67. The van der Waals surface area contributed by atoms with Gasteiger partial charge in [0.2, 0.25) is 0 Å². The SMILES string of the molecule is Cc1ccc2sc(N(Cc3cccnc3)C(=O)c3cccc(F)c3)nc2c1C. The smallest absolute Gasteiger partial charge is 0.260 e. The van der Waals surface area contributed by atoms with Crippen molar-refractivity contribution in [1.29, 1.82) is 0 Å². The molecule has 0 N–H and O–H groups in total. The molecule has 1 amide bonds. The van der Waals surface area contributed by atoms with Gasteiger partial charge in [-0.1, -0.05) is 29.5 Å². The molecule has 0 saturated carbocycles. The van der Waals surface area contributed by atoms with Crippen LogP contribution in [0.15, 0.2) is 60.9 Å². The summed E-state index contributed by atoms with van der Waals surface area (Å²) in [5.41, 5.74) is 4.30. The summed E-state index contributed by atoms with van der Waals surface area (Å²) in [4.78, 5) is 23.7. The number of aryl methyl sites for hydroxylation is 2. The molecule has 2 aromatic carbocycles. The molecular formula is C22H18FN3OS. The van der Waals surface area contributed by atoms with Gasteiger partial charge in [0, 0.05) is 18.0 Å². The summed E-state index contributed by atoms with van der Waals surface area (Å²) in [7, 11) is 0. The Labute approximate surface area is 166 Å². The highest BCUT2D eigenvalue weighted by molar-refractivity contribution is 7.22. The highest BCUT2D eigenvalue weighted by Crippen LogP contribution is 2.33. The van der Waals surface area contributed by atoms with E-state index in [9.17, 15) is 9.18 Å². The van der Waals surface area contributed by atoms with Gasteiger partial charge in [0.15, 0.2) is 5.13 Å². The average Bonchev–Trinajstić information content (AvgIpc) is 3.14. The zero-order valence-corrected chi connectivity index (χ0v) is 16.3. The number of anilines is 1. The molecule has 0 fully saturated rings. The summed E-state index contributed by atoms with van der Waals surface area (Å²) in [6.45, 7) is 4.38. The van der Waals surface area contributed by atoms with Crippen LogP contribution < -0.4 is 4.90 Å². The highest BCUT2D eigenvalue weighted by atomic mass is 32.1. The maximum absolute atomic E-state index is 13.7. The number of carbonyl (C=O) groups is 1. The number of hydrogen-bond donors (Lipinski definition) is 0. The first-order valence-electron chi connectivity index (χ1n) is 8.86. The van der Waals surface area contributed by atoms with Crippen molar-refractivity contribution in [2.45, 2.75) is 20.4 Å². The van der Waals surface area contributed by atoms with Crippen molar-refractivity contribution in [3.8, 4) is 0 Å². The topological polar surface area (TPSA) is 46.1 Å². The number of aromatic nitrogens is 2. The third kappa shape index (κ3) is 3.51. The van der Waals surface area contributed by atoms with E-state index >= 15 is 0 Å². The van der Waals surface area contributed by atoms with Crippen LogP contribution in [0.1, 0.15) is 27.0 Å². The molecule has 0 aliphatic heterocycles. The van der Waals surface area contributed by atoms with Crippen LogP contribution in [-0.2, 0) is 6.54 Å². The summed E-state index contributed by atoms with van der Waals surface area (Å²) >= 11 is 1.45. The highest BCUT2D eigenvalue weighted by Gasteiger charge is 2.23. The molecule has 140 valence electrons. The molecule has 0 spiro atoms. The zero-order valence-electron chi connectivity index (χ0n) is 15.5. The van der Waals surface area contributed by atoms with Crippen molar-refractivity contribution in [2.75, 3.05) is 4.90 Å². The monoisotopic (exact) mass is 391 g/mol. The van der Waals surface area contributed by atoms with Gasteiger partial charge in [-0.05, 0) is 60.9 Å². The Morgan fingerprint density at radius 2 is 2.00 bits per heavy atom. The van der Waals surface area contributed by atoms with Crippen molar-refractivity contribution in [3.05, 3.63) is 89.0 Å². The summed E-state index contributed by atoms with van der Waals surface area (Å²) in [5, 5.41) is 0.585. The summed E-state index contributed by atoms with van der Waals surface area (Å²) < 4.78 is 14.7. The molecule has 2 aromatic heterocycles. The predicted octanol–water partition coefficient (Wildman–Crippen LogP) is 5.29. The van der Waals surface area contributed by atoms with Gasteiger partial charge in [-0.15, -0.1) is 0 Å². The van der Waals surface area contributed by atoms with Crippen LogP contribution in [0.3, 0.4) is 0 Å². The molecule has 0 saturated heterocycles. The molecule has 0 aliphatic carbocycles. The van der Waals surface area contributed by atoms with E-state index in [1.165, 1.54) is 29.5 Å². The number of halogens is 1. The van der Waals surface area contributed by atoms with Gasteiger partial charge < -0.3 is 0 Å². The van der Waals surface area contributed by atoms with Gasteiger partial charge in [0.1, 0.15) is 5.82 Å². The molecule has 0 unspecified atom stereocenters. The number of amides is 1. The molecule has 4 rings (SSSR count). The minimum absolute atomic E-state index is 0.288. The van der Waals surface area contributed by atoms with Crippen LogP contribution in [0.4, 0.5) is 9.52 Å². The van der Waals surface area contributed by atoms with E-state index in [0.717, 1.165) is 26.9 Å². The number of benzene rings is 2. The third-order valence-electron chi connectivity index (χ3n) is 4.68. The number of pyridine rings is 1. The molecule has 28 heavy (non-hydrogen) atoms. The van der Waals surface area contributed by atoms with Crippen molar-refractivity contribution in [3.63, 3.8) is 0 Å². The number of carbonyl (C=O) groups excluding carboxylic acids is 1. The standard InChI is InChI=1S/C22H18FN3OS/c1-14-8-9-19-20(15(14)2)25-22(28-19)26(13-16-5-4-10-24-12-16)21(27)17-6-3-7-18(23)11-17/h3-12H,13H2,1-2H3. The van der Waals surface area contributed by atoms with Crippen molar-refractivity contribution in [1.82, 2.24) is 9.97 Å². The fraction of sp³-hybridized carbons (Fsp3) is 0.136. The Morgan fingerprint density at radius 3 is 2.75 bits per heavy atom. The van der Waals surface area contributed by atoms with Crippen LogP contribution in [0.2, 0.25) is 0 Å². The first kappa shape index (κ1) is 18.3. The van der Waals surface area contributed by atoms with Crippen molar-refractivity contribution in [2.24, 2.45) is 0 Å². The summed E-state index contributed by atoms with van der Waals surface area (Å²) in [5.74, 6) is -0.736. The number of nitrogens with zero attached hydrogens (tertiary/aromatic N) is 3. The van der Waals surface area contributed by atoms with Gasteiger partial charge in [-0.3, -0.25) is 14.7 Å².